The maximum atomic E-state index is 11.6. The zero-order valence-electron chi connectivity index (χ0n) is 10.6. The van der Waals surface area contributed by atoms with Crippen LogP contribution >= 0.6 is 0 Å². The number of hydrogen-bond donors (Lipinski definition) is 2. The Bertz CT molecular complexity index is 374. The fraction of sp³-hybridized carbons (Fsp3) is 0.500. The first kappa shape index (κ1) is 13.6. The normalized spacial score (nSPS) is 10.2. The van der Waals surface area contributed by atoms with Crippen molar-refractivity contribution < 1.29 is 9.90 Å². The lowest BCUT2D eigenvalue weighted by Gasteiger charge is -2.07. The second-order valence-corrected chi connectivity index (χ2v) is 4.38. The van der Waals surface area contributed by atoms with E-state index in [1.807, 2.05) is 13.0 Å². The van der Waals surface area contributed by atoms with Crippen LogP contribution in [0.2, 0.25) is 0 Å². The molecule has 0 fully saturated rings. The van der Waals surface area contributed by atoms with Crippen LogP contribution in [-0.2, 0) is 4.79 Å². The Balaban J connectivity index is 2.40. The van der Waals surface area contributed by atoms with Crippen LogP contribution in [-0.4, -0.2) is 11.0 Å². The van der Waals surface area contributed by atoms with E-state index in [-0.39, 0.29) is 11.7 Å². The summed E-state index contributed by atoms with van der Waals surface area (Å²) in [6, 6.07) is 5.24. The Hall–Kier alpha value is -1.51. The van der Waals surface area contributed by atoms with Gasteiger partial charge in [-0.15, -0.1) is 0 Å². The number of phenolic OH excluding ortho intramolecular Hbond substituents is 1. The molecule has 94 valence electrons. The van der Waals surface area contributed by atoms with E-state index < -0.39 is 0 Å². The van der Waals surface area contributed by atoms with Crippen LogP contribution in [0, 0.1) is 6.92 Å². The summed E-state index contributed by atoms with van der Waals surface area (Å²) >= 11 is 0. The van der Waals surface area contributed by atoms with Gasteiger partial charge in [0.2, 0.25) is 5.91 Å². The fourth-order valence-corrected chi connectivity index (χ4v) is 1.67. The molecule has 0 atom stereocenters. The third kappa shape index (κ3) is 4.89. The molecule has 1 aromatic rings. The molecule has 0 aliphatic heterocycles. The lowest BCUT2D eigenvalue weighted by atomic mass is 10.1. The second kappa shape index (κ2) is 6.94. The van der Waals surface area contributed by atoms with Gasteiger partial charge >= 0.3 is 0 Å². The smallest absolute Gasteiger partial charge is 0.224 e. The van der Waals surface area contributed by atoms with Gasteiger partial charge in [0.05, 0.1) is 5.69 Å². The van der Waals surface area contributed by atoms with E-state index in [2.05, 4.69) is 12.2 Å². The quantitative estimate of drug-likeness (QED) is 0.584. The topological polar surface area (TPSA) is 49.3 Å². The summed E-state index contributed by atoms with van der Waals surface area (Å²) in [5, 5.41) is 12.4. The molecule has 0 radical (unpaired) electrons. The Labute approximate surface area is 103 Å². The van der Waals surface area contributed by atoms with Gasteiger partial charge in [-0.3, -0.25) is 4.79 Å². The summed E-state index contributed by atoms with van der Waals surface area (Å²) in [7, 11) is 0. The van der Waals surface area contributed by atoms with Gasteiger partial charge in [0.15, 0.2) is 0 Å². The average molecular weight is 235 g/mol. The minimum atomic E-state index is -0.0275. The van der Waals surface area contributed by atoms with Crippen molar-refractivity contribution in [1.29, 1.82) is 0 Å². The number of aryl methyl sites for hydroxylation is 1. The number of carbonyl (C=O) groups is 1. The van der Waals surface area contributed by atoms with Gasteiger partial charge in [0, 0.05) is 6.42 Å². The third-order valence-electron chi connectivity index (χ3n) is 2.68. The van der Waals surface area contributed by atoms with Crippen LogP contribution in [0.1, 0.15) is 44.6 Å². The van der Waals surface area contributed by atoms with Crippen molar-refractivity contribution in [2.45, 2.75) is 46.0 Å². The van der Waals surface area contributed by atoms with E-state index in [4.69, 9.17) is 0 Å². The van der Waals surface area contributed by atoms with E-state index in [9.17, 15) is 9.90 Å². The van der Waals surface area contributed by atoms with Gasteiger partial charge in [-0.2, -0.15) is 0 Å². The number of rotatable bonds is 6. The molecule has 0 bridgehead atoms. The number of anilines is 1. The number of benzene rings is 1. The van der Waals surface area contributed by atoms with Crippen molar-refractivity contribution in [2.24, 2.45) is 0 Å². The SMILES string of the molecule is CCCCCCC(=O)Nc1ccc(C)cc1O. The zero-order chi connectivity index (χ0) is 12.7. The highest BCUT2D eigenvalue weighted by Gasteiger charge is 2.05. The molecule has 3 nitrogen and oxygen atoms in total. The van der Waals surface area contributed by atoms with E-state index >= 15 is 0 Å². The maximum Gasteiger partial charge on any atom is 0.224 e. The minimum absolute atomic E-state index is 0.0275. The van der Waals surface area contributed by atoms with Crippen molar-refractivity contribution in [3.63, 3.8) is 0 Å². The molecular formula is C14H21NO2. The summed E-state index contributed by atoms with van der Waals surface area (Å²) in [5.41, 5.74) is 1.47. The van der Waals surface area contributed by atoms with E-state index in [0.717, 1.165) is 18.4 Å². The van der Waals surface area contributed by atoms with Crippen LogP contribution < -0.4 is 5.32 Å². The highest BCUT2D eigenvalue weighted by atomic mass is 16.3. The highest BCUT2D eigenvalue weighted by Crippen LogP contribution is 2.24. The van der Waals surface area contributed by atoms with Crippen LogP contribution in [0.3, 0.4) is 0 Å². The second-order valence-electron chi connectivity index (χ2n) is 4.38. The number of nitrogens with one attached hydrogen (secondary N) is 1. The molecule has 1 rings (SSSR count). The molecule has 0 aliphatic rings. The van der Waals surface area contributed by atoms with E-state index in [1.54, 1.807) is 12.1 Å². The van der Waals surface area contributed by atoms with E-state index in [0.29, 0.717) is 12.1 Å². The summed E-state index contributed by atoms with van der Waals surface area (Å²) in [6.45, 7) is 4.04. The van der Waals surface area contributed by atoms with Crippen molar-refractivity contribution in [2.75, 3.05) is 5.32 Å². The summed E-state index contributed by atoms with van der Waals surface area (Å²) in [4.78, 5) is 11.6. The fourth-order valence-electron chi connectivity index (χ4n) is 1.67. The summed E-state index contributed by atoms with van der Waals surface area (Å²) in [6.07, 6.45) is 4.85. The predicted octanol–water partition coefficient (Wildman–Crippen LogP) is 3.61. The number of carbonyl (C=O) groups excluding carboxylic acids is 1. The van der Waals surface area contributed by atoms with Crippen LogP contribution in [0.4, 0.5) is 5.69 Å². The summed E-state index contributed by atoms with van der Waals surface area (Å²) < 4.78 is 0. The molecule has 0 unspecified atom stereocenters. The first-order chi connectivity index (χ1) is 8.13. The van der Waals surface area contributed by atoms with E-state index in [1.165, 1.54) is 12.8 Å². The van der Waals surface area contributed by atoms with Gasteiger partial charge in [0.1, 0.15) is 5.75 Å². The number of amides is 1. The predicted molar refractivity (Wildman–Crippen MR) is 70.2 cm³/mol. The van der Waals surface area contributed by atoms with Crippen molar-refractivity contribution >= 4 is 11.6 Å². The molecule has 0 aromatic heterocycles. The Morgan fingerprint density at radius 3 is 2.71 bits per heavy atom. The van der Waals surface area contributed by atoms with Crippen LogP contribution in [0.25, 0.3) is 0 Å². The Morgan fingerprint density at radius 2 is 2.06 bits per heavy atom. The number of unbranched alkanes of at least 4 members (excludes halogenated alkanes) is 3. The molecule has 1 amide bonds. The minimum Gasteiger partial charge on any atom is -0.506 e. The molecule has 0 saturated heterocycles. The van der Waals surface area contributed by atoms with Gasteiger partial charge in [-0.1, -0.05) is 32.3 Å². The first-order valence-electron chi connectivity index (χ1n) is 6.23. The standard InChI is InChI=1S/C14H21NO2/c1-3-4-5-6-7-14(17)15-12-9-8-11(2)10-13(12)16/h8-10,16H,3-7H2,1-2H3,(H,15,17). The number of aromatic hydroxyl groups is 1. The highest BCUT2D eigenvalue weighted by molar-refractivity contribution is 5.92. The monoisotopic (exact) mass is 235 g/mol. The Kier molecular flexibility index (Phi) is 5.53. The zero-order valence-corrected chi connectivity index (χ0v) is 10.6. The third-order valence-corrected chi connectivity index (χ3v) is 2.68. The average Bonchev–Trinajstić information content (AvgIpc) is 2.28. The molecule has 0 heterocycles. The van der Waals surface area contributed by atoms with Gasteiger partial charge in [0.25, 0.3) is 0 Å². The van der Waals surface area contributed by atoms with Gasteiger partial charge < -0.3 is 10.4 Å². The lowest BCUT2D eigenvalue weighted by Crippen LogP contribution is -2.11. The molecule has 17 heavy (non-hydrogen) atoms. The van der Waals surface area contributed by atoms with Crippen molar-refractivity contribution in [3.05, 3.63) is 23.8 Å². The largest absolute Gasteiger partial charge is 0.506 e. The van der Waals surface area contributed by atoms with Crippen molar-refractivity contribution in [3.8, 4) is 5.75 Å². The molecule has 2 N–H and O–H groups in total. The molecular weight excluding hydrogens is 214 g/mol. The van der Waals surface area contributed by atoms with Crippen LogP contribution in [0.15, 0.2) is 18.2 Å². The van der Waals surface area contributed by atoms with Gasteiger partial charge in [-0.05, 0) is 31.0 Å². The van der Waals surface area contributed by atoms with Gasteiger partial charge in [-0.25, -0.2) is 0 Å². The van der Waals surface area contributed by atoms with Crippen LogP contribution in [0.5, 0.6) is 5.75 Å². The molecule has 0 aliphatic carbocycles. The molecule has 1 aromatic carbocycles. The molecule has 0 saturated carbocycles. The lowest BCUT2D eigenvalue weighted by molar-refractivity contribution is -0.116. The number of hydrogen-bond acceptors (Lipinski definition) is 2. The maximum absolute atomic E-state index is 11.6. The molecule has 0 spiro atoms. The first-order valence-corrected chi connectivity index (χ1v) is 6.23. The Morgan fingerprint density at radius 1 is 1.29 bits per heavy atom. The molecule has 3 heteroatoms. The number of phenols is 1. The van der Waals surface area contributed by atoms with Crippen molar-refractivity contribution in [1.82, 2.24) is 0 Å². The summed E-state index contributed by atoms with van der Waals surface area (Å²) in [5.74, 6) is 0.104.